The number of carboxylic acids is 1. The van der Waals surface area contributed by atoms with Crippen molar-refractivity contribution in [2.24, 2.45) is 5.92 Å². The van der Waals surface area contributed by atoms with Gasteiger partial charge in [-0.3, -0.25) is 4.79 Å². The molecule has 1 heterocycles. The van der Waals surface area contributed by atoms with E-state index in [2.05, 4.69) is 9.80 Å². The summed E-state index contributed by atoms with van der Waals surface area (Å²) in [4.78, 5) is 15.4. The Balaban J connectivity index is 1.63. The molecule has 0 bridgehead atoms. The number of carbonyl (C=O) groups is 1. The molecular formula is C15H28N2O2. The van der Waals surface area contributed by atoms with Crippen LogP contribution in [0.3, 0.4) is 0 Å². The maximum atomic E-state index is 10.6. The van der Waals surface area contributed by atoms with Crippen LogP contribution < -0.4 is 0 Å². The molecule has 110 valence electrons. The monoisotopic (exact) mass is 268 g/mol. The minimum absolute atomic E-state index is 0.280. The van der Waals surface area contributed by atoms with Crippen LogP contribution in [0.25, 0.3) is 0 Å². The van der Waals surface area contributed by atoms with Gasteiger partial charge >= 0.3 is 5.97 Å². The molecule has 2 aliphatic rings. The Morgan fingerprint density at radius 2 is 1.53 bits per heavy atom. The van der Waals surface area contributed by atoms with Crippen LogP contribution in [0.4, 0.5) is 0 Å². The lowest BCUT2D eigenvalue weighted by atomic mass is 9.99. The Hall–Kier alpha value is -0.610. The third-order valence-corrected chi connectivity index (χ3v) is 4.60. The van der Waals surface area contributed by atoms with Gasteiger partial charge < -0.3 is 14.9 Å². The fraction of sp³-hybridized carbons (Fsp3) is 0.933. The molecule has 2 rings (SSSR count). The summed E-state index contributed by atoms with van der Waals surface area (Å²) in [6.45, 7) is 6.31. The smallest absolute Gasteiger partial charge is 0.304 e. The summed E-state index contributed by atoms with van der Waals surface area (Å²) in [5, 5.41) is 8.70. The molecule has 1 N–H and O–H groups in total. The summed E-state index contributed by atoms with van der Waals surface area (Å²) >= 11 is 0. The summed E-state index contributed by atoms with van der Waals surface area (Å²) in [5.74, 6) is 0.231. The lowest BCUT2D eigenvalue weighted by molar-refractivity contribution is -0.137. The van der Waals surface area contributed by atoms with E-state index in [1.165, 1.54) is 45.1 Å². The molecule has 0 radical (unpaired) electrons. The highest BCUT2D eigenvalue weighted by molar-refractivity contribution is 5.66. The van der Waals surface area contributed by atoms with Crippen LogP contribution in [0.2, 0.25) is 0 Å². The van der Waals surface area contributed by atoms with Crippen molar-refractivity contribution in [1.29, 1.82) is 0 Å². The number of hydrogen-bond acceptors (Lipinski definition) is 3. The van der Waals surface area contributed by atoms with Crippen LogP contribution in [0.15, 0.2) is 0 Å². The van der Waals surface area contributed by atoms with Crippen LogP contribution in [0.5, 0.6) is 0 Å². The third-order valence-electron chi connectivity index (χ3n) is 4.60. The molecule has 0 aromatic heterocycles. The van der Waals surface area contributed by atoms with Crippen molar-refractivity contribution < 1.29 is 9.90 Å². The van der Waals surface area contributed by atoms with Gasteiger partial charge in [0.2, 0.25) is 0 Å². The predicted molar refractivity (Wildman–Crippen MR) is 76.3 cm³/mol. The number of rotatable bonds is 5. The lowest BCUT2D eigenvalue weighted by Crippen LogP contribution is -2.48. The van der Waals surface area contributed by atoms with E-state index in [1.807, 2.05) is 0 Å². The van der Waals surface area contributed by atoms with Crippen molar-refractivity contribution in [3.8, 4) is 0 Å². The number of carboxylic acid groups (broad SMARTS) is 1. The van der Waals surface area contributed by atoms with Crippen LogP contribution in [0, 0.1) is 5.92 Å². The summed E-state index contributed by atoms with van der Waals surface area (Å²) < 4.78 is 0. The topological polar surface area (TPSA) is 43.8 Å². The van der Waals surface area contributed by atoms with Crippen molar-refractivity contribution in [2.45, 2.75) is 44.9 Å². The van der Waals surface area contributed by atoms with Gasteiger partial charge in [-0.1, -0.05) is 25.7 Å². The molecule has 19 heavy (non-hydrogen) atoms. The molecule has 1 aliphatic heterocycles. The molecule has 1 saturated carbocycles. The van der Waals surface area contributed by atoms with E-state index >= 15 is 0 Å². The second-order valence-electron chi connectivity index (χ2n) is 6.14. The number of hydrogen-bond donors (Lipinski definition) is 1. The van der Waals surface area contributed by atoms with E-state index in [-0.39, 0.29) is 6.42 Å². The Kier molecular flexibility index (Phi) is 6.11. The Morgan fingerprint density at radius 3 is 2.11 bits per heavy atom. The average Bonchev–Trinajstić information content (AvgIpc) is 2.66. The number of nitrogens with zero attached hydrogens (tertiary/aromatic N) is 2. The van der Waals surface area contributed by atoms with Crippen LogP contribution in [-0.2, 0) is 4.79 Å². The largest absolute Gasteiger partial charge is 0.481 e. The highest BCUT2D eigenvalue weighted by Crippen LogP contribution is 2.24. The summed E-state index contributed by atoms with van der Waals surface area (Å²) in [5.41, 5.74) is 0. The zero-order valence-electron chi connectivity index (χ0n) is 12.0. The van der Waals surface area contributed by atoms with E-state index in [9.17, 15) is 4.79 Å². The molecule has 1 aliphatic carbocycles. The van der Waals surface area contributed by atoms with Crippen molar-refractivity contribution >= 4 is 5.97 Å². The van der Waals surface area contributed by atoms with E-state index in [0.29, 0.717) is 6.54 Å². The van der Waals surface area contributed by atoms with Gasteiger partial charge in [0.25, 0.3) is 0 Å². The van der Waals surface area contributed by atoms with E-state index in [0.717, 1.165) is 32.1 Å². The van der Waals surface area contributed by atoms with Gasteiger partial charge in [0.15, 0.2) is 0 Å². The number of piperazine rings is 1. The molecule has 0 aromatic carbocycles. The molecule has 0 atom stereocenters. The van der Waals surface area contributed by atoms with Crippen LogP contribution >= 0.6 is 0 Å². The maximum Gasteiger partial charge on any atom is 0.304 e. The van der Waals surface area contributed by atoms with Crippen molar-refractivity contribution in [2.75, 3.05) is 39.3 Å². The Bertz CT molecular complexity index is 267. The normalized spacial score (nSPS) is 24.2. The molecule has 2 fully saturated rings. The fourth-order valence-electron chi connectivity index (χ4n) is 3.36. The highest BCUT2D eigenvalue weighted by Gasteiger charge is 2.21. The van der Waals surface area contributed by atoms with Gasteiger partial charge in [-0.15, -0.1) is 0 Å². The van der Waals surface area contributed by atoms with Gasteiger partial charge in [-0.25, -0.2) is 0 Å². The summed E-state index contributed by atoms with van der Waals surface area (Å²) in [7, 11) is 0. The van der Waals surface area contributed by atoms with E-state index in [4.69, 9.17) is 5.11 Å². The second kappa shape index (κ2) is 7.85. The fourth-order valence-corrected chi connectivity index (χ4v) is 3.36. The van der Waals surface area contributed by atoms with E-state index < -0.39 is 5.97 Å². The first kappa shape index (κ1) is 14.8. The first-order chi connectivity index (χ1) is 9.24. The second-order valence-corrected chi connectivity index (χ2v) is 6.14. The quantitative estimate of drug-likeness (QED) is 0.775. The molecule has 1 saturated heterocycles. The minimum Gasteiger partial charge on any atom is -0.481 e. The summed E-state index contributed by atoms with van der Waals surface area (Å²) in [6.07, 6.45) is 8.81. The third kappa shape index (κ3) is 5.49. The average molecular weight is 268 g/mol. The zero-order valence-corrected chi connectivity index (χ0v) is 12.0. The van der Waals surface area contributed by atoms with Crippen molar-refractivity contribution in [1.82, 2.24) is 9.80 Å². The van der Waals surface area contributed by atoms with Gasteiger partial charge in [0, 0.05) is 39.3 Å². The zero-order chi connectivity index (χ0) is 13.5. The molecule has 4 nitrogen and oxygen atoms in total. The maximum absolute atomic E-state index is 10.6. The highest BCUT2D eigenvalue weighted by atomic mass is 16.4. The van der Waals surface area contributed by atoms with Gasteiger partial charge in [-0.2, -0.15) is 0 Å². The Morgan fingerprint density at radius 1 is 0.947 bits per heavy atom. The van der Waals surface area contributed by atoms with Gasteiger partial charge in [-0.05, 0) is 18.8 Å². The molecule has 0 spiro atoms. The predicted octanol–water partition coefficient (Wildman–Crippen LogP) is 2.05. The Labute approximate surface area is 116 Å². The van der Waals surface area contributed by atoms with Crippen molar-refractivity contribution in [3.05, 3.63) is 0 Å². The molecular weight excluding hydrogens is 240 g/mol. The van der Waals surface area contributed by atoms with Gasteiger partial charge in [0.1, 0.15) is 0 Å². The van der Waals surface area contributed by atoms with Crippen LogP contribution in [0.1, 0.15) is 44.9 Å². The first-order valence-electron chi connectivity index (χ1n) is 7.90. The van der Waals surface area contributed by atoms with Crippen LogP contribution in [-0.4, -0.2) is 60.1 Å². The minimum atomic E-state index is -0.680. The summed E-state index contributed by atoms with van der Waals surface area (Å²) in [6, 6.07) is 0. The molecule has 0 unspecified atom stereocenters. The van der Waals surface area contributed by atoms with E-state index in [1.54, 1.807) is 0 Å². The lowest BCUT2D eigenvalue weighted by Gasteiger charge is -2.36. The SMILES string of the molecule is O=C(O)CCN1CCN(CC2CCCCCC2)CC1. The molecule has 4 heteroatoms. The molecule has 0 amide bonds. The molecule has 0 aromatic rings. The van der Waals surface area contributed by atoms with Crippen molar-refractivity contribution in [3.63, 3.8) is 0 Å². The van der Waals surface area contributed by atoms with Gasteiger partial charge in [0.05, 0.1) is 6.42 Å². The first-order valence-corrected chi connectivity index (χ1v) is 7.90. The standard InChI is InChI=1S/C15H28N2O2/c18-15(19)7-8-16-9-11-17(12-10-16)13-14-5-3-1-2-4-6-14/h14H,1-13H2,(H,18,19). The number of aliphatic carboxylic acids is 1.